The number of hydrogen-bond acceptors (Lipinski definition) is 5. The van der Waals surface area contributed by atoms with Gasteiger partial charge >= 0.3 is 0 Å². The molecule has 4 N–H and O–H groups in total. The van der Waals surface area contributed by atoms with Crippen molar-refractivity contribution in [2.45, 2.75) is 4.99 Å². The molecule has 78 valence electrons. The number of thioether (sulfide) groups is 1. The Morgan fingerprint density at radius 1 is 1.53 bits per heavy atom. The number of nitrogens with one attached hydrogen (secondary N) is 1. The van der Waals surface area contributed by atoms with Gasteiger partial charge in [0.05, 0.1) is 5.56 Å². The van der Waals surface area contributed by atoms with E-state index in [9.17, 15) is 9.90 Å². The quantitative estimate of drug-likeness (QED) is 0.653. The third-order valence-electron chi connectivity index (χ3n) is 2.22. The number of phenols is 1. The molecule has 0 saturated carbocycles. The molecule has 1 aliphatic rings. The topological polar surface area (TPSA) is 75.3 Å². The van der Waals surface area contributed by atoms with Crippen LogP contribution in [0.15, 0.2) is 29.8 Å². The van der Waals surface area contributed by atoms with Crippen LogP contribution in [0, 0.1) is 0 Å². The molecule has 1 unspecified atom stereocenters. The molecule has 2 rings (SSSR count). The summed E-state index contributed by atoms with van der Waals surface area (Å²) in [5, 5.41) is 14.3. The van der Waals surface area contributed by atoms with E-state index < -0.39 is 4.99 Å². The van der Waals surface area contributed by atoms with Crippen molar-refractivity contribution in [1.29, 1.82) is 0 Å². The highest BCUT2D eigenvalue weighted by atomic mass is 32.2. The van der Waals surface area contributed by atoms with E-state index in [1.54, 1.807) is 23.7 Å². The van der Waals surface area contributed by atoms with E-state index in [0.29, 0.717) is 11.8 Å². The van der Waals surface area contributed by atoms with Gasteiger partial charge in [-0.25, -0.2) is 0 Å². The maximum absolute atomic E-state index is 10.9. The summed E-state index contributed by atoms with van der Waals surface area (Å²) in [6.07, 6.45) is 2.32. The third-order valence-corrected chi connectivity index (χ3v) is 3.20. The molecule has 0 radical (unpaired) electrons. The average Bonchev–Trinajstić information content (AvgIpc) is 2.66. The predicted octanol–water partition coefficient (Wildman–Crippen LogP) is 1.08. The lowest BCUT2D eigenvalue weighted by Crippen LogP contribution is -2.42. The fourth-order valence-electron chi connectivity index (χ4n) is 1.48. The van der Waals surface area contributed by atoms with E-state index in [4.69, 9.17) is 5.73 Å². The minimum absolute atomic E-state index is 0.0541. The van der Waals surface area contributed by atoms with Gasteiger partial charge in [-0.15, -0.1) is 0 Å². The molecule has 1 heterocycles. The molecule has 0 aliphatic carbocycles. The standard InChI is InChI=1S/C10H10N2O2S/c11-10(12-4-5-15-10)8-2-1-3-9(14)7(8)6-13/h1-6,12,14H,11H2. The number of nitrogens with two attached hydrogens (primary N) is 1. The van der Waals surface area contributed by atoms with Crippen LogP contribution in [0.4, 0.5) is 0 Å². The van der Waals surface area contributed by atoms with Crippen molar-refractivity contribution in [1.82, 2.24) is 5.32 Å². The molecule has 1 aliphatic heterocycles. The summed E-state index contributed by atoms with van der Waals surface area (Å²) in [4.78, 5) is 10.0. The number of benzene rings is 1. The van der Waals surface area contributed by atoms with E-state index in [1.165, 1.54) is 17.8 Å². The summed E-state index contributed by atoms with van der Waals surface area (Å²) in [6, 6.07) is 4.84. The SMILES string of the molecule is NC1(c2cccc(O)c2C=O)NC=CS1. The van der Waals surface area contributed by atoms with Crippen LogP contribution in [0.2, 0.25) is 0 Å². The van der Waals surface area contributed by atoms with Crippen molar-refractivity contribution in [3.8, 4) is 5.75 Å². The number of rotatable bonds is 2. The van der Waals surface area contributed by atoms with Crippen molar-refractivity contribution in [2.75, 3.05) is 0 Å². The maximum atomic E-state index is 10.9. The van der Waals surface area contributed by atoms with Crippen molar-refractivity contribution in [3.05, 3.63) is 40.9 Å². The summed E-state index contributed by atoms with van der Waals surface area (Å²) in [7, 11) is 0. The zero-order valence-electron chi connectivity index (χ0n) is 7.81. The first-order valence-electron chi connectivity index (χ1n) is 4.34. The molecule has 0 spiro atoms. The second-order valence-corrected chi connectivity index (χ2v) is 4.31. The Morgan fingerprint density at radius 3 is 2.93 bits per heavy atom. The summed E-state index contributed by atoms with van der Waals surface area (Å²) >= 11 is 1.35. The highest BCUT2D eigenvalue weighted by Gasteiger charge is 2.32. The van der Waals surface area contributed by atoms with E-state index in [-0.39, 0.29) is 11.3 Å². The second kappa shape index (κ2) is 3.60. The van der Waals surface area contributed by atoms with E-state index >= 15 is 0 Å². The lowest BCUT2D eigenvalue weighted by Gasteiger charge is -2.25. The number of aldehydes is 1. The molecular formula is C10H10N2O2S. The van der Waals surface area contributed by atoms with Gasteiger partial charge in [0, 0.05) is 11.8 Å². The van der Waals surface area contributed by atoms with Crippen LogP contribution in [0.1, 0.15) is 15.9 Å². The number of carbonyl (C=O) groups excluding carboxylic acids is 1. The van der Waals surface area contributed by atoms with Crippen LogP contribution in [0.3, 0.4) is 0 Å². The Bertz CT molecular complexity index is 423. The largest absolute Gasteiger partial charge is 0.507 e. The second-order valence-electron chi connectivity index (χ2n) is 3.16. The normalized spacial score (nSPS) is 23.8. The highest BCUT2D eigenvalue weighted by molar-refractivity contribution is 8.03. The first-order chi connectivity index (χ1) is 7.17. The fraction of sp³-hybridized carbons (Fsp3) is 0.100. The highest BCUT2D eigenvalue weighted by Crippen LogP contribution is 2.36. The minimum Gasteiger partial charge on any atom is -0.507 e. The summed E-state index contributed by atoms with van der Waals surface area (Å²) in [5.74, 6) is -0.0541. The molecule has 4 nitrogen and oxygen atoms in total. The Balaban J connectivity index is 2.52. The van der Waals surface area contributed by atoms with Gasteiger partial charge in [0.25, 0.3) is 0 Å². The molecule has 0 saturated heterocycles. The fourth-order valence-corrected chi connectivity index (χ4v) is 2.27. The Hall–Kier alpha value is -1.46. The zero-order chi connectivity index (χ0) is 10.9. The summed E-state index contributed by atoms with van der Waals surface area (Å²) in [6.45, 7) is 0. The molecule has 1 aromatic rings. The summed E-state index contributed by atoms with van der Waals surface area (Å²) < 4.78 is 0. The van der Waals surface area contributed by atoms with Crippen LogP contribution in [-0.2, 0) is 4.99 Å². The number of hydrogen-bond donors (Lipinski definition) is 3. The van der Waals surface area contributed by atoms with Crippen LogP contribution in [0.25, 0.3) is 0 Å². The minimum atomic E-state index is -0.866. The smallest absolute Gasteiger partial charge is 0.165 e. The number of phenolic OH excluding ortho intramolecular Hbond substituents is 1. The Labute approximate surface area is 91.2 Å². The monoisotopic (exact) mass is 222 g/mol. The molecule has 0 fully saturated rings. The van der Waals surface area contributed by atoms with Gasteiger partial charge in [-0.05, 0) is 11.5 Å². The van der Waals surface area contributed by atoms with Gasteiger partial charge in [0.2, 0.25) is 0 Å². The Kier molecular flexibility index (Phi) is 2.42. The molecule has 5 heteroatoms. The molecule has 0 aromatic heterocycles. The van der Waals surface area contributed by atoms with Crippen molar-refractivity contribution in [3.63, 3.8) is 0 Å². The van der Waals surface area contributed by atoms with Crippen molar-refractivity contribution < 1.29 is 9.90 Å². The van der Waals surface area contributed by atoms with Gasteiger partial charge in [-0.2, -0.15) is 0 Å². The molecular weight excluding hydrogens is 212 g/mol. The first kappa shape index (κ1) is 10.1. The van der Waals surface area contributed by atoms with Crippen LogP contribution >= 0.6 is 11.8 Å². The van der Waals surface area contributed by atoms with Crippen molar-refractivity contribution >= 4 is 18.0 Å². The average molecular weight is 222 g/mol. The molecule has 1 aromatic carbocycles. The van der Waals surface area contributed by atoms with Gasteiger partial charge in [-0.1, -0.05) is 23.9 Å². The molecule has 15 heavy (non-hydrogen) atoms. The van der Waals surface area contributed by atoms with Crippen LogP contribution < -0.4 is 11.1 Å². The third kappa shape index (κ3) is 1.60. The number of aromatic hydroxyl groups is 1. The lowest BCUT2D eigenvalue weighted by molar-refractivity contribution is 0.111. The molecule has 0 amide bonds. The molecule has 0 bridgehead atoms. The van der Waals surface area contributed by atoms with Gasteiger partial charge in [-0.3, -0.25) is 10.5 Å². The number of carbonyl (C=O) groups is 1. The zero-order valence-corrected chi connectivity index (χ0v) is 8.62. The van der Waals surface area contributed by atoms with E-state index in [0.717, 1.165) is 0 Å². The first-order valence-corrected chi connectivity index (χ1v) is 5.22. The lowest BCUT2D eigenvalue weighted by atomic mass is 10.0. The predicted molar refractivity (Wildman–Crippen MR) is 59.2 cm³/mol. The van der Waals surface area contributed by atoms with Crippen LogP contribution in [-0.4, -0.2) is 11.4 Å². The Morgan fingerprint density at radius 2 is 2.33 bits per heavy atom. The van der Waals surface area contributed by atoms with Crippen LogP contribution in [0.5, 0.6) is 5.75 Å². The van der Waals surface area contributed by atoms with E-state index in [1.807, 2.05) is 0 Å². The van der Waals surface area contributed by atoms with Gasteiger partial charge in [0.15, 0.2) is 11.3 Å². The van der Waals surface area contributed by atoms with Gasteiger partial charge in [0.1, 0.15) is 5.75 Å². The van der Waals surface area contributed by atoms with Gasteiger partial charge < -0.3 is 10.4 Å². The maximum Gasteiger partial charge on any atom is 0.165 e. The summed E-state index contributed by atoms with van der Waals surface area (Å²) in [5.41, 5.74) is 6.85. The molecule has 1 atom stereocenters. The van der Waals surface area contributed by atoms with E-state index in [2.05, 4.69) is 5.32 Å². The van der Waals surface area contributed by atoms with Crippen molar-refractivity contribution in [2.24, 2.45) is 5.73 Å².